The monoisotopic (exact) mass is 477 g/mol. The Balaban J connectivity index is 1.27. The highest BCUT2D eigenvalue weighted by molar-refractivity contribution is 7.13. The first kappa shape index (κ1) is 23.4. The second-order valence-corrected chi connectivity index (χ2v) is 8.69. The molecule has 0 amide bonds. The zero-order valence-corrected chi connectivity index (χ0v) is 19.8. The lowest BCUT2D eigenvalue weighted by atomic mass is 10.1. The topological polar surface area (TPSA) is 80.8 Å². The number of thiazole rings is 1. The number of aromatic nitrogens is 1. The van der Waals surface area contributed by atoms with Crippen LogP contribution in [-0.2, 0) is 6.42 Å². The van der Waals surface area contributed by atoms with Crippen molar-refractivity contribution in [2.45, 2.75) is 26.2 Å². The number of benzene rings is 3. The molecule has 4 rings (SSSR count). The van der Waals surface area contributed by atoms with E-state index in [1.54, 1.807) is 6.07 Å². The zero-order valence-electron chi connectivity index (χ0n) is 19.0. The van der Waals surface area contributed by atoms with Gasteiger partial charge < -0.3 is 19.3 Å². The van der Waals surface area contributed by atoms with Crippen molar-refractivity contribution in [2.24, 2.45) is 0 Å². The molecule has 4 aromatic rings. The van der Waals surface area contributed by atoms with Crippen molar-refractivity contribution in [1.82, 2.24) is 4.98 Å². The standard InChI is InChI=1S/C27H27NO5S/c1-2-8-19-9-3-4-14-24(19)33-23-13-6-12-22(18-23)32-16-7-15-31-21-11-5-10-20(17-21)25-26(29)28-27(30)34-25/h3-6,9-14,17-18,29H,2,7-8,15-16H2,1H3,(H,28,30). The summed E-state index contributed by atoms with van der Waals surface area (Å²) in [7, 11) is 0. The van der Waals surface area contributed by atoms with Gasteiger partial charge in [0.25, 0.3) is 0 Å². The van der Waals surface area contributed by atoms with Gasteiger partial charge in [-0.25, -0.2) is 0 Å². The molecule has 2 N–H and O–H groups in total. The Morgan fingerprint density at radius 3 is 2.32 bits per heavy atom. The lowest BCUT2D eigenvalue weighted by molar-refractivity contribution is 0.247. The van der Waals surface area contributed by atoms with Crippen molar-refractivity contribution in [3.63, 3.8) is 0 Å². The van der Waals surface area contributed by atoms with E-state index < -0.39 is 0 Å². The zero-order chi connectivity index (χ0) is 23.8. The van der Waals surface area contributed by atoms with Gasteiger partial charge in [0.15, 0.2) is 0 Å². The Hall–Kier alpha value is -3.71. The first-order valence-electron chi connectivity index (χ1n) is 11.3. The number of aryl methyl sites for hydroxylation is 1. The maximum absolute atomic E-state index is 11.4. The van der Waals surface area contributed by atoms with Crippen LogP contribution in [-0.4, -0.2) is 23.3 Å². The van der Waals surface area contributed by atoms with Gasteiger partial charge in [-0.3, -0.25) is 9.78 Å². The number of para-hydroxylation sites is 1. The maximum Gasteiger partial charge on any atom is 0.307 e. The largest absolute Gasteiger partial charge is 0.493 e. The van der Waals surface area contributed by atoms with Crippen LogP contribution >= 0.6 is 11.3 Å². The molecular formula is C27H27NO5S. The second kappa shape index (κ2) is 11.4. The van der Waals surface area contributed by atoms with E-state index in [0.29, 0.717) is 30.3 Å². The fraction of sp³-hybridized carbons (Fsp3) is 0.222. The minimum atomic E-state index is -0.296. The van der Waals surface area contributed by atoms with Crippen LogP contribution in [0.1, 0.15) is 25.3 Å². The quantitative estimate of drug-likeness (QED) is 0.244. The molecule has 176 valence electrons. The Morgan fingerprint density at radius 2 is 1.59 bits per heavy atom. The Labute approximate surface area is 202 Å². The van der Waals surface area contributed by atoms with Crippen LogP contribution in [0.25, 0.3) is 10.4 Å². The van der Waals surface area contributed by atoms with Gasteiger partial charge in [0.05, 0.1) is 18.1 Å². The van der Waals surface area contributed by atoms with Crippen molar-refractivity contribution in [2.75, 3.05) is 13.2 Å². The molecule has 0 atom stereocenters. The Kier molecular flexibility index (Phi) is 7.88. The number of ether oxygens (including phenoxy) is 3. The maximum atomic E-state index is 11.4. The summed E-state index contributed by atoms with van der Waals surface area (Å²) in [6.45, 7) is 3.12. The smallest absolute Gasteiger partial charge is 0.307 e. The summed E-state index contributed by atoms with van der Waals surface area (Å²) in [6, 6.07) is 23.0. The molecule has 3 aromatic carbocycles. The summed E-state index contributed by atoms with van der Waals surface area (Å²) in [5.41, 5.74) is 1.92. The SMILES string of the molecule is CCCc1ccccc1Oc1cccc(OCCCOc2cccc(-c3sc(=O)[nH]c3O)c2)c1. The van der Waals surface area contributed by atoms with Gasteiger partial charge in [-0.2, -0.15) is 0 Å². The molecule has 0 aliphatic heterocycles. The van der Waals surface area contributed by atoms with Crippen LogP contribution in [0.2, 0.25) is 0 Å². The molecule has 0 saturated carbocycles. The third-order valence-electron chi connectivity index (χ3n) is 5.08. The number of aromatic hydroxyl groups is 1. The van der Waals surface area contributed by atoms with E-state index in [9.17, 15) is 9.90 Å². The molecule has 0 radical (unpaired) electrons. The van der Waals surface area contributed by atoms with E-state index in [0.717, 1.165) is 47.0 Å². The average molecular weight is 478 g/mol. The van der Waals surface area contributed by atoms with Gasteiger partial charge in [0, 0.05) is 18.1 Å². The first-order valence-corrected chi connectivity index (χ1v) is 12.1. The van der Waals surface area contributed by atoms with E-state index >= 15 is 0 Å². The van der Waals surface area contributed by atoms with Crippen LogP contribution in [0.15, 0.2) is 77.6 Å². The van der Waals surface area contributed by atoms with Gasteiger partial charge in [-0.1, -0.05) is 61.1 Å². The number of H-pyrrole nitrogens is 1. The predicted octanol–water partition coefficient (Wildman–Crippen LogP) is 6.40. The number of rotatable bonds is 11. The Bertz CT molecular complexity index is 1280. The predicted molar refractivity (Wildman–Crippen MR) is 135 cm³/mol. The summed E-state index contributed by atoms with van der Waals surface area (Å²) >= 11 is 0.963. The highest BCUT2D eigenvalue weighted by Gasteiger charge is 2.10. The van der Waals surface area contributed by atoms with Crippen molar-refractivity contribution in [1.29, 1.82) is 0 Å². The molecular weight excluding hydrogens is 450 g/mol. The molecule has 6 nitrogen and oxygen atoms in total. The second-order valence-electron chi connectivity index (χ2n) is 7.71. The van der Waals surface area contributed by atoms with Gasteiger partial charge in [0.1, 0.15) is 23.0 Å². The first-order chi connectivity index (χ1) is 16.6. The molecule has 1 aromatic heterocycles. The molecule has 34 heavy (non-hydrogen) atoms. The number of aromatic amines is 1. The fourth-order valence-electron chi connectivity index (χ4n) is 3.52. The molecule has 0 aliphatic rings. The van der Waals surface area contributed by atoms with Crippen LogP contribution in [0.5, 0.6) is 28.9 Å². The van der Waals surface area contributed by atoms with Gasteiger partial charge in [-0.15, -0.1) is 0 Å². The summed E-state index contributed by atoms with van der Waals surface area (Å²) in [6.07, 6.45) is 2.73. The summed E-state index contributed by atoms with van der Waals surface area (Å²) in [4.78, 5) is 14.0. The minimum absolute atomic E-state index is 0.124. The Morgan fingerprint density at radius 1 is 0.882 bits per heavy atom. The van der Waals surface area contributed by atoms with Crippen molar-refractivity contribution < 1.29 is 19.3 Å². The number of hydrogen-bond acceptors (Lipinski definition) is 6. The summed E-state index contributed by atoms with van der Waals surface area (Å²) in [5.74, 6) is 2.90. The summed E-state index contributed by atoms with van der Waals surface area (Å²) < 4.78 is 17.8. The molecule has 1 heterocycles. The molecule has 0 spiro atoms. The average Bonchev–Trinajstić information content (AvgIpc) is 3.18. The fourth-order valence-corrected chi connectivity index (χ4v) is 4.24. The number of nitrogens with one attached hydrogen (secondary N) is 1. The van der Waals surface area contributed by atoms with E-state index in [-0.39, 0.29) is 10.8 Å². The van der Waals surface area contributed by atoms with Crippen molar-refractivity contribution in [3.05, 3.63) is 88.0 Å². The third-order valence-corrected chi connectivity index (χ3v) is 6.00. The summed E-state index contributed by atoms with van der Waals surface area (Å²) in [5, 5.41) is 9.86. The van der Waals surface area contributed by atoms with E-state index in [1.165, 1.54) is 5.56 Å². The van der Waals surface area contributed by atoms with E-state index in [4.69, 9.17) is 14.2 Å². The third kappa shape index (κ3) is 6.20. The molecule has 7 heteroatoms. The molecule has 0 saturated heterocycles. The highest BCUT2D eigenvalue weighted by Crippen LogP contribution is 2.32. The minimum Gasteiger partial charge on any atom is -0.493 e. The molecule has 0 aliphatic carbocycles. The lowest BCUT2D eigenvalue weighted by Gasteiger charge is -2.12. The van der Waals surface area contributed by atoms with E-state index in [1.807, 2.05) is 60.7 Å². The lowest BCUT2D eigenvalue weighted by Crippen LogP contribution is -2.05. The molecule has 0 fully saturated rings. The van der Waals surface area contributed by atoms with Gasteiger partial charge in [0.2, 0.25) is 5.88 Å². The highest BCUT2D eigenvalue weighted by atomic mass is 32.1. The van der Waals surface area contributed by atoms with Crippen LogP contribution in [0.3, 0.4) is 0 Å². The molecule has 0 unspecified atom stereocenters. The molecule has 0 bridgehead atoms. The number of hydrogen-bond donors (Lipinski definition) is 2. The van der Waals surface area contributed by atoms with E-state index in [2.05, 4.69) is 18.0 Å². The normalized spacial score (nSPS) is 10.7. The van der Waals surface area contributed by atoms with Crippen molar-refractivity contribution >= 4 is 11.3 Å². The van der Waals surface area contributed by atoms with Crippen LogP contribution < -0.4 is 19.1 Å². The van der Waals surface area contributed by atoms with Gasteiger partial charge in [-0.05, 0) is 42.3 Å². The van der Waals surface area contributed by atoms with Crippen LogP contribution in [0.4, 0.5) is 0 Å². The van der Waals surface area contributed by atoms with Crippen LogP contribution in [0, 0.1) is 0 Å². The van der Waals surface area contributed by atoms with Gasteiger partial charge >= 0.3 is 4.87 Å². The van der Waals surface area contributed by atoms with Crippen molar-refractivity contribution in [3.8, 4) is 39.3 Å².